The Morgan fingerprint density at radius 2 is 1.67 bits per heavy atom. The molecule has 2 aliphatic rings. The van der Waals surface area contributed by atoms with Gasteiger partial charge in [0.05, 0.1) is 25.3 Å². The molecule has 6 heteroatoms. The minimum atomic E-state index is -0.337. The smallest absolute Gasteiger partial charge is 0.251 e. The third-order valence-corrected chi connectivity index (χ3v) is 6.55. The summed E-state index contributed by atoms with van der Waals surface area (Å²) in [6.45, 7) is 1.73. The Balaban J connectivity index is 1.30. The van der Waals surface area contributed by atoms with Crippen molar-refractivity contribution in [2.24, 2.45) is 5.92 Å². The third-order valence-electron chi connectivity index (χ3n) is 6.30. The standard InChI is InChI=1S/C24H27ClN2O3/c1-30-21-10-4-17(5-11-21)2-3-18-12-14-26(15-13-18)22-16-23(28)27(24(22)29)20-8-6-19(25)7-9-20/h4-11,18,22H,2-3,12-16H2,1H3. The molecule has 0 saturated carbocycles. The lowest BCUT2D eigenvalue weighted by Gasteiger charge is -2.34. The van der Waals surface area contributed by atoms with Gasteiger partial charge in [-0.15, -0.1) is 0 Å². The van der Waals surface area contributed by atoms with E-state index in [4.69, 9.17) is 16.3 Å². The van der Waals surface area contributed by atoms with E-state index in [2.05, 4.69) is 17.0 Å². The van der Waals surface area contributed by atoms with Crippen molar-refractivity contribution >= 4 is 29.1 Å². The molecule has 0 radical (unpaired) electrons. The fourth-order valence-electron chi connectivity index (χ4n) is 4.48. The number of benzene rings is 2. The zero-order valence-electron chi connectivity index (χ0n) is 17.2. The quantitative estimate of drug-likeness (QED) is 0.645. The molecule has 2 saturated heterocycles. The van der Waals surface area contributed by atoms with Crippen molar-refractivity contribution in [1.82, 2.24) is 4.90 Å². The van der Waals surface area contributed by atoms with E-state index in [9.17, 15) is 9.59 Å². The first-order chi connectivity index (χ1) is 14.5. The molecule has 0 aliphatic carbocycles. The molecule has 2 aromatic rings. The largest absolute Gasteiger partial charge is 0.497 e. The summed E-state index contributed by atoms with van der Waals surface area (Å²) in [7, 11) is 1.68. The summed E-state index contributed by atoms with van der Waals surface area (Å²) in [5, 5.41) is 0.589. The molecule has 0 aromatic heterocycles. The number of hydrogen-bond acceptors (Lipinski definition) is 4. The molecule has 1 unspecified atom stereocenters. The maximum atomic E-state index is 13.0. The highest BCUT2D eigenvalue weighted by Crippen LogP contribution is 2.30. The SMILES string of the molecule is COc1ccc(CCC2CCN(C3CC(=O)N(c4ccc(Cl)cc4)C3=O)CC2)cc1. The van der Waals surface area contributed by atoms with Crippen LogP contribution in [0.2, 0.25) is 5.02 Å². The van der Waals surface area contributed by atoms with Gasteiger partial charge < -0.3 is 4.74 Å². The summed E-state index contributed by atoms with van der Waals surface area (Å²) in [6, 6.07) is 14.8. The Kier molecular flexibility index (Phi) is 6.40. The number of carbonyl (C=O) groups is 2. The molecule has 0 spiro atoms. The molecule has 2 aliphatic heterocycles. The van der Waals surface area contributed by atoms with Crippen LogP contribution in [-0.2, 0) is 16.0 Å². The molecule has 158 valence electrons. The molecule has 2 amide bonds. The van der Waals surface area contributed by atoms with Gasteiger partial charge in [0, 0.05) is 5.02 Å². The Morgan fingerprint density at radius 3 is 2.30 bits per heavy atom. The van der Waals surface area contributed by atoms with E-state index >= 15 is 0 Å². The summed E-state index contributed by atoms with van der Waals surface area (Å²) >= 11 is 5.93. The van der Waals surface area contributed by atoms with Crippen molar-refractivity contribution in [3.05, 3.63) is 59.1 Å². The number of halogens is 1. The molecule has 5 nitrogen and oxygen atoms in total. The average molecular weight is 427 g/mol. The van der Waals surface area contributed by atoms with E-state index in [-0.39, 0.29) is 24.3 Å². The molecule has 30 heavy (non-hydrogen) atoms. The zero-order valence-corrected chi connectivity index (χ0v) is 18.0. The van der Waals surface area contributed by atoms with E-state index in [0.717, 1.165) is 44.5 Å². The number of amides is 2. The van der Waals surface area contributed by atoms with E-state index < -0.39 is 0 Å². The molecule has 2 aromatic carbocycles. The van der Waals surface area contributed by atoms with Crippen LogP contribution in [0.25, 0.3) is 0 Å². The number of aryl methyl sites for hydroxylation is 1. The summed E-state index contributed by atoms with van der Waals surface area (Å²) in [5.74, 6) is 1.30. The number of piperidine rings is 1. The maximum Gasteiger partial charge on any atom is 0.251 e. The van der Waals surface area contributed by atoms with E-state index in [1.165, 1.54) is 10.5 Å². The number of likely N-dealkylation sites (tertiary alicyclic amines) is 1. The van der Waals surface area contributed by atoms with Crippen LogP contribution < -0.4 is 9.64 Å². The van der Waals surface area contributed by atoms with Crippen LogP contribution in [0.5, 0.6) is 5.75 Å². The van der Waals surface area contributed by atoms with Gasteiger partial charge in [0.15, 0.2) is 0 Å². The first-order valence-electron chi connectivity index (χ1n) is 10.5. The first-order valence-corrected chi connectivity index (χ1v) is 10.9. The zero-order chi connectivity index (χ0) is 21.1. The normalized spacial score (nSPS) is 20.7. The number of rotatable bonds is 6. The minimum Gasteiger partial charge on any atom is -0.497 e. The van der Waals surface area contributed by atoms with Gasteiger partial charge in [-0.3, -0.25) is 14.5 Å². The number of hydrogen-bond donors (Lipinski definition) is 0. The third kappa shape index (κ3) is 4.52. The molecule has 2 heterocycles. The molecular formula is C24H27ClN2O3. The van der Waals surface area contributed by atoms with Crippen LogP contribution in [0.4, 0.5) is 5.69 Å². The lowest BCUT2D eigenvalue weighted by atomic mass is 9.90. The Bertz CT molecular complexity index is 890. The van der Waals surface area contributed by atoms with Gasteiger partial charge in [-0.25, -0.2) is 4.90 Å². The van der Waals surface area contributed by atoms with Crippen molar-refractivity contribution < 1.29 is 14.3 Å². The van der Waals surface area contributed by atoms with Crippen LogP contribution in [-0.4, -0.2) is 43.0 Å². The van der Waals surface area contributed by atoms with Crippen LogP contribution in [0.3, 0.4) is 0 Å². The number of nitrogens with zero attached hydrogens (tertiary/aromatic N) is 2. The predicted molar refractivity (Wildman–Crippen MR) is 118 cm³/mol. The van der Waals surface area contributed by atoms with E-state index in [1.54, 1.807) is 31.4 Å². The molecular weight excluding hydrogens is 400 g/mol. The Hall–Kier alpha value is -2.37. The molecule has 0 N–H and O–H groups in total. The highest BCUT2D eigenvalue weighted by molar-refractivity contribution is 6.30. The second-order valence-corrected chi connectivity index (χ2v) is 8.57. The number of carbonyl (C=O) groups excluding carboxylic acids is 2. The number of imide groups is 1. The van der Waals surface area contributed by atoms with Crippen LogP contribution in [0, 0.1) is 5.92 Å². The van der Waals surface area contributed by atoms with Crippen molar-refractivity contribution in [2.75, 3.05) is 25.1 Å². The molecule has 4 rings (SSSR count). The Morgan fingerprint density at radius 1 is 1.00 bits per heavy atom. The summed E-state index contributed by atoms with van der Waals surface area (Å²) in [5.41, 5.74) is 1.93. The number of ether oxygens (including phenoxy) is 1. The van der Waals surface area contributed by atoms with Crippen molar-refractivity contribution in [1.29, 1.82) is 0 Å². The van der Waals surface area contributed by atoms with Gasteiger partial charge in [0.25, 0.3) is 5.91 Å². The minimum absolute atomic E-state index is 0.112. The van der Waals surface area contributed by atoms with E-state index in [0.29, 0.717) is 16.6 Å². The highest BCUT2D eigenvalue weighted by Gasteiger charge is 2.43. The highest BCUT2D eigenvalue weighted by atomic mass is 35.5. The molecule has 0 bridgehead atoms. The fraction of sp³-hybridized carbons (Fsp3) is 0.417. The average Bonchev–Trinajstić information content (AvgIpc) is 3.07. The van der Waals surface area contributed by atoms with Gasteiger partial charge in [-0.05, 0) is 86.7 Å². The van der Waals surface area contributed by atoms with Crippen LogP contribution >= 0.6 is 11.6 Å². The second kappa shape index (κ2) is 9.19. The lowest BCUT2D eigenvalue weighted by molar-refractivity contribution is -0.123. The lowest BCUT2D eigenvalue weighted by Crippen LogP contribution is -2.46. The fourth-order valence-corrected chi connectivity index (χ4v) is 4.60. The summed E-state index contributed by atoms with van der Waals surface area (Å²) in [6.07, 6.45) is 4.59. The summed E-state index contributed by atoms with van der Waals surface area (Å²) in [4.78, 5) is 29.0. The van der Waals surface area contributed by atoms with Crippen molar-refractivity contribution in [3.63, 3.8) is 0 Å². The summed E-state index contributed by atoms with van der Waals surface area (Å²) < 4.78 is 5.22. The van der Waals surface area contributed by atoms with Gasteiger partial charge in [0.1, 0.15) is 5.75 Å². The van der Waals surface area contributed by atoms with Gasteiger partial charge in [-0.1, -0.05) is 23.7 Å². The molecule has 2 fully saturated rings. The maximum absolute atomic E-state index is 13.0. The molecule has 1 atom stereocenters. The van der Waals surface area contributed by atoms with Crippen molar-refractivity contribution in [2.45, 2.75) is 38.1 Å². The number of anilines is 1. The van der Waals surface area contributed by atoms with Gasteiger partial charge in [-0.2, -0.15) is 0 Å². The Labute approximate surface area is 182 Å². The second-order valence-electron chi connectivity index (χ2n) is 8.13. The van der Waals surface area contributed by atoms with E-state index in [1.807, 2.05) is 12.1 Å². The van der Waals surface area contributed by atoms with Crippen LogP contribution in [0.1, 0.15) is 31.2 Å². The first kappa shape index (κ1) is 20.9. The predicted octanol–water partition coefficient (Wildman–Crippen LogP) is 4.33. The monoisotopic (exact) mass is 426 g/mol. The topological polar surface area (TPSA) is 49.9 Å². The van der Waals surface area contributed by atoms with Gasteiger partial charge in [0.2, 0.25) is 5.91 Å². The number of methoxy groups -OCH3 is 1. The van der Waals surface area contributed by atoms with Gasteiger partial charge >= 0.3 is 0 Å². The van der Waals surface area contributed by atoms with Crippen molar-refractivity contribution in [3.8, 4) is 5.75 Å². The van der Waals surface area contributed by atoms with Crippen LogP contribution in [0.15, 0.2) is 48.5 Å².